The van der Waals surface area contributed by atoms with Crippen molar-refractivity contribution in [3.63, 3.8) is 0 Å². The topological polar surface area (TPSA) is 89.3 Å². The third kappa shape index (κ3) is 3.88. The number of aromatic nitrogens is 1. The van der Waals surface area contributed by atoms with Gasteiger partial charge in [0, 0.05) is 17.2 Å². The van der Waals surface area contributed by atoms with Crippen LogP contribution >= 0.6 is 11.3 Å². The first-order valence-electron chi connectivity index (χ1n) is 9.12. The molecule has 0 unspecified atom stereocenters. The van der Waals surface area contributed by atoms with Gasteiger partial charge in [-0.15, -0.1) is 11.3 Å². The molecule has 1 aliphatic carbocycles. The molecule has 1 N–H and O–H groups in total. The number of anilines is 1. The molecular formula is C20H20N2O4S2. The van der Waals surface area contributed by atoms with E-state index in [1.165, 1.54) is 25.8 Å². The quantitative estimate of drug-likeness (QED) is 0.567. The Hall–Kier alpha value is -2.45. The summed E-state index contributed by atoms with van der Waals surface area (Å²) in [5.41, 5.74) is 0.805. The number of oxazole rings is 1. The lowest BCUT2D eigenvalue weighted by molar-refractivity contribution is 0.101. The highest BCUT2D eigenvalue weighted by atomic mass is 32.2. The Bertz CT molecular complexity index is 1110. The van der Waals surface area contributed by atoms with Crippen molar-refractivity contribution in [2.24, 2.45) is 0 Å². The molecule has 1 saturated carbocycles. The van der Waals surface area contributed by atoms with Crippen molar-refractivity contribution in [3.05, 3.63) is 54.0 Å². The molecule has 28 heavy (non-hydrogen) atoms. The first-order valence-corrected chi connectivity index (χ1v) is 11.4. The minimum absolute atomic E-state index is 0.122. The molecule has 0 amide bonds. The Balaban J connectivity index is 1.54. The highest BCUT2D eigenvalue weighted by molar-refractivity contribution is 7.94. The zero-order chi connectivity index (χ0) is 19.7. The number of thiophene rings is 1. The van der Waals surface area contributed by atoms with Gasteiger partial charge in [0.1, 0.15) is 4.21 Å². The fourth-order valence-electron chi connectivity index (χ4n) is 3.37. The maximum absolute atomic E-state index is 12.7. The summed E-state index contributed by atoms with van der Waals surface area (Å²) < 4.78 is 34.0. The first kappa shape index (κ1) is 18.9. The van der Waals surface area contributed by atoms with Crippen molar-refractivity contribution in [1.29, 1.82) is 0 Å². The lowest BCUT2D eigenvalue weighted by atomic mass is 10.1. The van der Waals surface area contributed by atoms with Gasteiger partial charge in [-0.05, 0) is 44.0 Å². The number of rotatable bonds is 6. The molecule has 2 aromatic heterocycles. The van der Waals surface area contributed by atoms with Crippen LogP contribution in [-0.4, -0.2) is 19.2 Å². The molecule has 4 rings (SSSR count). The number of nitrogens with one attached hydrogen (secondary N) is 1. The standard InChI is InChI=1S/C20H20N2O4S2/c1-13(23)15-7-4-8-16(11-15)22-28(24,25)19-10-9-18(27-19)17-12-21-20(26-17)14-5-2-3-6-14/h4,7-12,14,22H,2-3,5-6H2,1H3. The number of hydrogen-bond donors (Lipinski definition) is 1. The molecule has 0 aliphatic heterocycles. The van der Waals surface area contributed by atoms with E-state index in [1.807, 2.05) is 0 Å². The number of ketones is 1. The van der Waals surface area contributed by atoms with E-state index in [0.29, 0.717) is 22.9 Å². The lowest BCUT2D eigenvalue weighted by Crippen LogP contribution is -2.11. The molecule has 146 valence electrons. The molecule has 3 aromatic rings. The van der Waals surface area contributed by atoms with Crippen molar-refractivity contribution < 1.29 is 17.6 Å². The molecule has 0 bridgehead atoms. The number of Topliss-reactive ketones (excluding diaryl/α,β-unsaturated/α-hetero) is 1. The van der Waals surface area contributed by atoms with Crippen LogP contribution in [0, 0.1) is 0 Å². The van der Waals surface area contributed by atoms with Crippen LogP contribution < -0.4 is 4.72 Å². The van der Waals surface area contributed by atoms with Gasteiger partial charge in [0.2, 0.25) is 0 Å². The van der Waals surface area contributed by atoms with Crippen LogP contribution in [0.25, 0.3) is 10.6 Å². The maximum Gasteiger partial charge on any atom is 0.271 e. The van der Waals surface area contributed by atoms with Gasteiger partial charge in [-0.3, -0.25) is 9.52 Å². The highest BCUT2D eigenvalue weighted by Gasteiger charge is 2.23. The van der Waals surface area contributed by atoms with E-state index in [0.717, 1.165) is 34.9 Å². The molecule has 6 nitrogen and oxygen atoms in total. The lowest BCUT2D eigenvalue weighted by Gasteiger charge is -2.07. The van der Waals surface area contributed by atoms with Gasteiger partial charge in [0.15, 0.2) is 17.4 Å². The average Bonchev–Trinajstić information content (AvgIpc) is 3.40. The van der Waals surface area contributed by atoms with Crippen LogP contribution in [0.5, 0.6) is 0 Å². The number of benzene rings is 1. The van der Waals surface area contributed by atoms with E-state index in [-0.39, 0.29) is 9.99 Å². The van der Waals surface area contributed by atoms with Crippen LogP contribution in [0.4, 0.5) is 5.69 Å². The van der Waals surface area contributed by atoms with Gasteiger partial charge in [0.05, 0.1) is 11.1 Å². The van der Waals surface area contributed by atoms with Crippen molar-refractivity contribution >= 4 is 32.8 Å². The minimum atomic E-state index is -3.76. The van der Waals surface area contributed by atoms with Crippen LogP contribution in [0.2, 0.25) is 0 Å². The predicted molar refractivity (Wildman–Crippen MR) is 108 cm³/mol. The Morgan fingerprint density at radius 1 is 1.21 bits per heavy atom. The van der Waals surface area contributed by atoms with E-state index in [1.54, 1.807) is 36.5 Å². The fourth-order valence-corrected chi connectivity index (χ4v) is 5.67. The summed E-state index contributed by atoms with van der Waals surface area (Å²) in [7, 11) is -3.76. The zero-order valence-corrected chi connectivity index (χ0v) is 17.0. The Labute approximate surface area is 167 Å². The smallest absolute Gasteiger partial charge is 0.271 e. The van der Waals surface area contributed by atoms with Crippen molar-refractivity contribution in [2.75, 3.05) is 4.72 Å². The normalized spacial score (nSPS) is 15.0. The summed E-state index contributed by atoms with van der Waals surface area (Å²) in [5.74, 6) is 1.58. The number of carbonyl (C=O) groups is 1. The van der Waals surface area contributed by atoms with E-state index in [9.17, 15) is 13.2 Å². The number of hydrogen-bond acceptors (Lipinski definition) is 6. The average molecular weight is 417 g/mol. The van der Waals surface area contributed by atoms with Crippen LogP contribution in [-0.2, 0) is 10.0 Å². The van der Waals surface area contributed by atoms with Gasteiger partial charge >= 0.3 is 0 Å². The largest absolute Gasteiger partial charge is 0.440 e. The zero-order valence-electron chi connectivity index (χ0n) is 15.3. The van der Waals surface area contributed by atoms with Crippen molar-refractivity contribution in [2.45, 2.75) is 42.7 Å². The number of nitrogens with zero attached hydrogens (tertiary/aromatic N) is 1. The Morgan fingerprint density at radius 2 is 2.00 bits per heavy atom. The molecule has 8 heteroatoms. The van der Waals surface area contributed by atoms with Crippen molar-refractivity contribution in [3.8, 4) is 10.6 Å². The molecule has 1 aliphatic rings. The Kier molecular flexibility index (Phi) is 5.07. The second kappa shape index (κ2) is 7.52. The minimum Gasteiger partial charge on any atom is -0.440 e. The summed E-state index contributed by atoms with van der Waals surface area (Å²) in [6, 6.07) is 9.71. The third-order valence-electron chi connectivity index (χ3n) is 4.84. The van der Waals surface area contributed by atoms with Gasteiger partial charge in [0.25, 0.3) is 10.0 Å². The summed E-state index contributed by atoms with van der Waals surface area (Å²) in [5, 5.41) is 0. The van der Waals surface area contributed by atoms with E-state index in [4.69, 9.17) is 4.42 Å². The second-order valence-electron chi connectivity index (χ2n) is 6.91. The molecule has 0 radical (unpaired) electrons. The maximum atomic E-state index is 12.7. The van der Waals surface area contributed by atoms with Crippen LogP contribution in [0.1, 0.15) is 54.8 Å². The molecule has 0 atom stereocenters. The van der Waals surface area contributed by atoms with Gasteiger partial charge < -0.3 is 4.42 Å². The molecule has 1 aromatic carbocycles. The van der Waals surface area contributed by atoms with E-state index >= 15 is 0 Å². The Morgan fingerprint density at radius 3 is 2.75 bits per heavy atom. The highest BCUT2D eigenvalue weighted by Crippen LogP contribution is 2.37. The summed E-state index contributed by atoms with van der Waals surface area (Å²) >= 11 is 1.13. The fraction of sp³-hybridized carbons (Fsp3) is 0.300. The first-order chi connectivity index (χ1) is 13.4. The monoisotopic (exact) mass is 416 g/mol. The van der Waals surface area contributed by atoms with Gasteiger partial charge in [-0.25, -0.2) is 13.4 Å². The van der Waals surface area contributed by atoms with E-state index < -0.39 is 10.0 Å². The van der Waals surface area contributed by atoms with Crippen LogP contribution in [0.3, 0.4) is 0 Å². The van der Waals surface area contributed by atoms with Crippen molar-refractivity contribution in [1.82, 2.24) is 4.98 Å². The molecule has 2 heterocycles. The van der Waals surface area contributed by atoms with Gasteiger partial charge in [-0.1, -0.05) is 25.0 Å². The SMILES string of the molecule is CC(=O)c1cccc(NS(=O)(=O)c2ccc(-c3cnc(C4CCCC4)o3)s2)c1. The summed E-state index contributed by atoms with van der Waals surface area (Å²) in [6.07, 6.45) is 6.24. The predicted octanol–water partition coefficient (Wildman–Crippen LogP) is 5.06. The third-order valence-corrected chi connectivity index (χ3v) is 7.81. The van der Waals surface area contributed by atoms with Crippen LogP contribution in [0.15, 0.2) is 51.2 Å². The molecule has 0 saturated heterocycles. The van der Waals surface area contributed by atoms with E-state index in [2.05, 4.69) is 9.71 Å². The summed E-state index contributed by atoms with van der Waals surface area (Å²) in [4.78, 5) is 16.6. The number of sulfonamides is 1. The number of carbonyl (C=O) groups excluding carboxylic acids is 1. The summed E-state index contributed by atoms with van der Waals surface area (Å²) in [6.45, 7) is 1.44. The molecular weight excluding hydrogens is 396 g/mol. The molecule has 1 fully saturated rings. The molecule has 0 spiro atoms. The second-order valence-corrected chi connectivity index (χ2v) is 9.90. The van der Waals surface area contributed by atoms with Gasteiger partial charge in [-0.2, -0.15) is 0 Å².